The molecule has 1 N–H and O–H groups in total. The van der Waals surface area contributed by atoms with Crippen molar-refractivity contribution in [1.29, 1.82) is 0 Å². The third-order valence-corrected chi connectivity index (χ3v) is 4.77. The maximum absolute atomic E-state index is 12.9. The maximum atomic E-state index is 12.9. The number of benzene rings is 2. The lowest BCUT2D eigenvalue weighted by molar-refractivity contribution is 0.0929. The van der Waals surface area contributed by atoms with Gasteiger partial charge in [-0.3, -0.25) is 9.48 Å². The summed E-state index contributed by atoms with van der Waals surface area (Å²) >= 11 is 0. The SMILES string of the molecule is Cc1ccc2c(c1)C(NC(=O)c1cnn(C)c1Cc1ccccc1)CO2. The molecule has 1 unspecified atom stereocenters. The molecule has 0 fully saturated rings. The van der Waals surface area contributed by atoms with Gasteiger partial charge in [-0.15, -0.1) is 0 Å². The summed E-state index contributed by atoms with van der Waals surface area (Å²) in [6, 6.07) is 16.0. The molecule has 26 heavy (non-hydrogen) atoms. The first-order valence-electron chi connectivity index (χ1n) is 8.71. The average Bonchev–Trinajstić information content (AvgIpc) is 3.20. The maximum Gasteiger partial charge on any atom is 0.255 e. The van der Waals surface area contributed by atoms with Crippen molar-refractivity contribution in [3.05, 3.63) is 82.7 Å². The first-order valence-corrected chi connectivity index (χ1v) is 8.71. The molecule has 132 valence electrons. The van der Waals surface area contributed by atoms with Crippen molar-refractivity contribution in [1.82, 2.24) is 15.1 Å². The lowest BCUT2D eigenvalue weighted by Gasteiger charge is -2.13. The van der Waals surface area contributed by atoms with E-state index in [0.717, 1.165) is 28.1 Å². The smallest absolute Gasteiger partial charge is 0.255 e. The highest BCUT2D eigenvalue weighted by Crippen LogP contribution is 2.33. The molecule has 1 aromatic heterocycles. The first kappa shape index (κ1) is 16.4. The van der Waals surface area contributed by atoms with Crippen LogP contribution in [-0.4, -0.2) is 22.3 Å². The molecule has 1 amide bonds. The van der Waals surface area contributed by atoms with Gasteiger partial charge >= 0.3 is 0 Å². The van der Waals surface area contributed by atoms with Gasteiger partial charge in [0.2, 0.25) is 0 Å². The van der Waals surface area contributed by atoms with Gasteiger partial charge in [0, 0.05) is 19.0 Å². The van der Waals surface area contributed by atoms with Gasteiger partial charge in [0.15, 0.2) is 0 Å². The predicted molar refractivity (Wildman–Crippen MR) is 99.3 cm³/mol. The molecule has 3 aromatic rings. The zero-order valence-electron chi connectivity index (χ0n) is 14.9. The molecule has 0 saturated heterocycles. The third kappa shape index (κ3) is 3.08. The number of hydrogen-bond acceptors (Lipinski definition) is 3. The molecule has 5 heteroatoms. The van der Waals surface area contributed by atoms with Crippen LogP contribution in [0.25, 0.3) is 0 Å². The quantitative estimate of drug-likeness (QED) is 0.789. The van der Waals surface area contributed by atoms with Gasteiger partial charge in [0.1, 0.15) is 12.4 Å². The molecule has 1 aliphatic heterocycles. The summed E-state index contributed by atoms with van der Waals surface area (Å²) in [5.41, 5.74) is 4.84. The van der Waals surface area contributed by atoms with Crippen LogP contribution in [0.15, 0.2) is 54.7 Å². The Hall–Kier alpha value is -3.08. The molecule has 0 radical (unpaired) electrons. The van der Waals surface area contributed by atoms with Crippen LogP contribution >= 0.6 is 0 Å². The molecule has 0 spiro atoms. The highest BCUT2D eigenvalue weighted by atomic mass is 16.5. The van der Waals surface area contributed by atoms with Gasteiger partial charge < -0.3 is 10.1 Å². The second-order valence-corrected chi connectivity index (χ2v) is 6.67. The zero-order chi connectivity index (χ0) is 18.1. The Kier molecular flexibility index (Phi) is 4.21. The normalized spacial score (nSPS) is 15.4. The van der Waals surface area contributed by atoms with E-state index in [1.165, 1.54) is 0 Å². The lowest BCUT2D eigenvalue weighted by Crippen LogP contribution is -2.30. The van der Waals surface area contributed by atoms with Crippen LogP contribution in [0.4, 0.5) is 0 Å². The summed E-state index contributed by atoms with van der Waals surface area (Å²) in [6.45, 7) is 2.50. The average molecular weight is 347 g/mol. The van der Waals surface area contributed by atoms with Gasteiger partial charge in [0.25, 0.3) is 5.91 Å². The van der Waals surface area contributed by atoms with Crippen molar-refractivity contribution in [2.45, 2.75) is 19.4 Å². The number of hydrogen-bond donors (Lipinski definition) is 1. The minimum absolute atomic E-state index is 0.119. The van der Waals surface area contributed by atoms with E-state index in [-0.39, 0.29) is 11.9 Å². The van der Waals surface area contributed by atoms with Crippen molar-refractivity contribution >= 4 is 5.91 Å². The summed E-state index contributed by atoms with van der Waals surface area (Å²) in [6.07, 6.45) is 2.30. The van der Waals surface area contributed by atoms with E-state index in [0.29, 0.717) is 18.6 Å². The third-order valence-electron chi connectivity index (χ3n) is 4.77. The summed E-state index contributed by atoms with van der Waals surface area (Å²) < 4.78 is 7.47. The van der Waals surface area contributed by atoms with Gasteiger partial charge in [-0.1, -0.05) is 48.0 Å². The molecule has 0 aliphatic carbocycles. The number of amides is 1. The van der Waals surface area contributed by atoms with E-state index in [1.807, 2.05) is 44.3 Å². The van der Waals surface area contributed by atoms with E-state index in [1.54, 1.807) is 10.9 Å². The highest BCUT2D eigenvalue weighted by molar-refractivity contribution is 5.95. The first-order chi connectivity index (χ1) is 12.6. The Morgan fingerprint density at radius 1 is 1.27 bits per heavy atom. The zero-order valence-corrected chi connectivity index (χ0v) is 14.9. The van der Waals surface area contributed by atoms with Crippen LogP contribution in [0.5, 0.6) is 5.75 Å². The molecule has 1 atom stereocenters. The summed E-state index contributed by atoms with van der Waals surface area (Å²) in [7, 11) is 1.87. The molecule has 0 saturated carbocycles. The van der Waals surface area contributed by atoms with Crippen LogP contribution in [0.2, 0.25) is 0 Å². The summed E-state index contributed by atoms with van der Waals surface area (Å²) in [5, 5.41) is 7.39. The van der Waals surface area contributed by atoms with E-state index >= 15 is 0 Å². The molecular formula is C21H21N3O2. The number of nitrogens with zero attached hydrogens (tertiary/aromatic N) is 2. The fraction of sp³-hybridized carbons (Fsp3) is 0.238. The Bertz CT molecular complexity index is 947. The topological polar surface area (TPSA) is 56.2 Å². The van der Waals surface area contributed by atoms with Gasteiger partial charge in [-0.2, -0.15) is 5.10 Å². The fourth-order valence-electron chi connectivity index (χ4n) is 3.34. The summed E-state index contributed by atoms with van der Waals surface area (Å²) in [5.74, 6) is 0.726. The number of aromatic nitrogens is 2. The molecule has 0 bridgehead atoms. The number of carbonyl (C=O) groups excluding carboxylic acids is 1. The molecule has 4 rings (SSSR count). The van der Waals surface area contributed by atoms with Crippen LogP contribution in [0.1, 0.15) is 38.8 Å². The van der Waals surface area contributed by atoms with E-state index < -0.39 is 0 Å². The number of ether oxygens (including phenoxy) is 1. The predicted octanol–water partition coefficient (Wildman–Crippen LogP) is 3.18. The van der Waals surface area contributed by atoms with E-state index in [4.69, 9.17) is 4.74 Å². The van der Waals surface area contributed by atoms with Crippen LogP contribution in [0.3, 0.4) is 0 Å². The standard InChI is InChI=1S/C21H21N3O2/c1-14-8-9-20-16(10-14)18(13-26-20)23-21(25)17-12-22-24(2)19(17)11-15-6-4-3-5-7-15/h3-10,12,18H,11,13H2,1-2H3,(H,23,25). The Morgan fingerprint density at radius 3 is 2.88 bits per heavy atom. The second kappa shape index (κ2) is 6.67. The minimum atomic E-state index is -0.137. The Balaban J connectivity index is 1.56. The Labute approximate surface area is 152 Å². The second-order valence-electron chi connectivity index (χ2n) is 6.67. The number of aryl methyl sites for hydroxylation is 2. The Morgan fingerprint density at radius 2 is 2.08 bits per heavy atom. The molecule has 2 heterocycles. The lowest BCUT2D eigenvalue weighted by atomic mass is 10.0. The monoisotopic (exact) mass is 347 g/mol. The van der Waals surface area contributed by atoms with Crippen molar-refractivity contribution in [3.63, 3.8) is 0 Å². The van der Waals surface area contributed by atoms with Gasteiger partial charge in [0.05, 0.1) is 23.5 Å². The highest BCUT2D eigenvalue weighted by Gasteiger charge is 2.27. The minimum Gasteiger partial charge on any atom is -0.491 e. The number of carbonyl (C=O) groups is 1. The van der Waals surface area contributed by atoms with E-state index in [9.17, 15) is 4.79 Å². The van der Waals surface area contributed by atoms with Crippen molar-refractivity contribution < 1.29 is 9.53 Å². The summed E-state index contributed by atoms with van der Waals surface area (Å²) in [4.78, 5) is 12.9. The van der Waals surface area contributed by atoms with Gasteiger partial charge in [-0.25, -0.2) is 0 Å². The van der Waals surface area contributed by atoms with Crippen LogP contribution in [0, 0.1) is 6.92 Å². The van der Waals surface area contributed by atoms with Crippen molar-refractivity contribution in [2.75, 3.05) is 6.61 Å². The van der Waals surface area contributed by atoms with Crippen LogP contribution < -0.4 is 10.1 Å². The van der Waals surface area contributed by atoms with Crippen molar-refractivity contribution in [2.24, 2.45) is 7.05 Å². The largest absolute Gasteiger partial charge is 0.491 e. The fourth-order valence-corrected chi connectivity index (χ4v) is 3.34. The molecular weight excluding hydrogens is 326 g/mol. The number of rotatable bonds is 4. The number of fused-ring (bicyclic) bond motifs is 1. The number of nitrogens with one attached hydrogen (secondary N) is 1. The molecule has 1 aliphatic rings. The van der Waals surface area contributed by atoms with E-state index in [2.05, 4.69) is 28.6 Å². The molecule has 5 nitrogen and oxygen atoms in total. The van der Waals surface area contributed by atoms with Crippen LogP contribution in [-0.2, 0) is 13.5 Å². The van der Waals surface area contributed by atoms with Crippen molar-refractivity contribution in [3.8, 4) is 5.75 Å². The molecule has 2 aromatic carbocycles. The van der Waals surface area contributed by atoms with Gasteiger partial charge in [-0.05, 0) is 18.6 Å².